The summed E-state index contributed by atoms with van der Waals surface area (Å²) in [6.45, 7) is 0. The van der Waals surface area contributed by atoms with Crippen LogP contribution in [0.5, 0.6) is 0 Å². The van der Waals surface area contributed by atoms with Gasteiger partial charge in [-0.05, 0) is 46.8 Å². The summed E-state index contributed by atoms with van der Waals surface area (Å²) < 4.78 is 1.01. The molecule has 0 aliphatic carbocycles. The van der Waals surface area contributed by atoms with Gasteiger partial charge in [0.25, 0.3) is 0 Å². The molecule has 0 radical (unpaired) electrons. The molecule has 0 spiro atoms. The van der Waals surface area contributed by atoms with E-state index in [0.29, 0.717) is 0 Å². The molecule has 1 aromatic heterocycles. The lowest BCUT2D eigenvalue weighted by atomic mass is 10.0. The Hall–Kier alpha value is -1.58. The van der Waals surface area contributed by atoms with Crippen molar-refractivity contribution in [2.75, 3.05) is 0 Å². The molecule has 2 nitrogen and oxygen atoms in total. The Balaban J connectivity index is 2.00. The van der Waals surface area contributed by atoms with E-state index in [0.717, 1.165) is 26.5 Å². The molecule has 0 saturated carbocycles. The highest BCUT2D eigenvalue weighted by atomic mass is 79.9. The van der Waals surface area contributed by atoms with E-state index in [1.54, 1.807) is 0 Å². The molecule has 18 heavy (non-hydrogen) atoms. The highest BCUT2D eigenvalue weighted by molar-refractivity contribution is 9.10. The molecule has 0 aliphatic heterocycles. The zero-order chi connectivity index (χ0) is 12.5. The third-order valence-corrected chi connectivity index (χ3v) is 3.61. The lowest BCUT2D eigenvalue weighted by Gasteiger charge is -2.11. The van der Waals surface area contributed by atoms with E-state index in [4.69, 9.17) is 0 Å². The molecule has 0 bridgehead atoms. The fraction of sp³-hybridized carbons (Fsp3) is 0.0667. The van der Waals surface area contributed by atoms with Gasteiger partial charge in [0.15, 0.2) is 0 Å². The van der Waals surface area contributed by atoms with Gasteiger partial charge in [0, 0.05) is 16.2 Å². The smallest absolute Gasteiger partial charge is 0.104 e. The largest absolute Gasteiger partial charge is 0.384 e. The lowest BCUT2D eigenvalue weighted by molar-refractivity contribution is 0.220. The van der Waals surface area contributed by atoms with Crippen LogP contribution in [0, 0.1) is 0 Å². The Bertz CT molecular complexity index is 672. The van der Waals surface area contributed by atoms with Crippen LogP contribution in [0.1, 0.15) is 17.2 Å². The summed E-state index contributed by atoms with van der Waals surface area (Å²) in [5.41, 5.74) is 2.89. The van der Waals surface area contributed by atoms with Gasteiger partial charge in [-0.15, -0.1) is 0 Å². The normalized spacial score (nSPS) is 12.8. The topological polar surface area (TPSA) is 36.0 Å². The third kappa shape index (κ3) is 2.07. The summed E-state index contributed by atoms with van der Waals surface area (Å²) >= 11 is 3.39. The molecule has 0 amide bonds. The zero-order valence-corrected chi connectivity index (χ0v) is 11.2. The maximum atomic E-state index is 10.4. The van der Waals surface area contributed by atoms with Crippen molar-refractivity contribution in [3.8, 4) is 0 Å². The minimum Gasteiger partial charge on any atom is -0.384 e. The van der Waals surface area contributed by atoms with Gasteiger partial charge in [-0.3, -0.25) is 0 Å². The van der Waals surface area contributed by atoms with Crippen LogP contribution in [0.3, 0.4) is 0 Å². The number of aromatic nitrogens is 1. The van der Waals surface area contributed by atoms with Crippen LogP contribution in [-0.4, -0.2) is 10.1 Å². The molecule has 1 heterocycles. The highest BCUT2D eigenvalue weighted by Crippen LogP contribution is 2.26. The van der Waals surface area contributed by atoms with Crippen molar-refractivity contribution in [2.45, 2.75) is 6.10 Å². The number of hydrogen-bond acceptors (Lipinski definition) is 1. The van der Waals surface area contributed by atoms with Crippen molar-refractivity contribution in [2.24, 2.45) is 0 Å². The molecule has 90 valence electrons. The van der Waals surface area contributed by atoms with Crippen LogP contribution >= 0.6 is 15.9 Å². The fourth-order valence-electron chi connectivity index (χ4n) is 2.08. The summed E-state index contributed by atoms with van der Waals surface area (Å²) in [5.74, 6) is 0. The Labute approximate surface area is 113 Å². The molecular weight excluding hydrogens is 290 g/mol. The average Bonchev–Trinajstić information content (AvgIpc) is 2.86. The molecule has 2 aromatic carbocycles. The van der Waals surface area contributed by atoms with Crippen LogP contribution in [0.25, 0.3) is 10.9 Å². The Morgan fingerprint density at radius 2 is 1.67 bits per heavy atom. The first-order chi connectivity index (χ1) is 8.74. The summed E-state index contributed by atoms with van der Waals surface area (Å²) in [5, 5.41) is 11.5. The molecule has 1 atom stereocenters. The van der Waals surface area contributed by atoms with Gasteiger partial charge >= 0.3 is 0 Å². The highest BCUT2D eigenvalue weighted by Gasteiger charge is 2.10. The van der Waals surface area contributed by atoms with Crippen molar-refractivity contribution in [1.82, 2.24) is 4.98 Å². The second-order valence-electron chi connectivity index (χ2n) is 4.28. The average molecular weight is 302 g/mol. The fourth-order valence-corrected chi connectivity index (χ4v) is 2.34. The standard InChI is InChI=1S/C15H12BrNO/c16-13-4-1-10(2-5-13)15(18)12-3-6-14-11(9-12)7-8-17-14/h1-9,15,17-18H. The van der Waals surface area contributed by atoms with Gasteiger partial charge in [-0.2, -0.15) is 0 Å². The number of hydrogen-bond donors (Lipinski definition) is 2. The monoisotopic (exact) mass is 301 g/mol. The third-order valence-electron chi connectivity index (χ3n) is 3.08. The summed E-state index contributed by atoms with van der Waals surface area (Å²) in [6, 6.07) is 15.7. The van der Waals surface area contributed by atoms with E-state index < -0.39 is 6.10 Å². The first kappa shape index (κ1) is 11.5. The van der Waals surface area contributed by atoms with E-state index in [1.807, 2.05) is 54.7 Å². The zero-order valence-electron chi connectivity index (χ0n) is 9.60. The van der Waals surface area contributed by atoms with Crippen LogP contribution in [0.4, 0.5) is 0 Å². The van der Waals surface area contributed by atoms with Crippen LogP contribution in [0.2, 0.25) is 0 Å². The Morgan fingerprint density at radius 3 is 2.44 bits per heavy atom. The molecule has 3 aromatic rings. The van der Waals surface area contributed by atoms with Crippen LogP contribution < -0.4 is 0 Å². The molecule has 2 N–H and O–H groups in total. The van der Waals surface area contributed by atoms with Crippen molar-refractivity contribution < 1.29 is 5.11 Å². The van der Waals surface area contributed by atoms with Crippen molar-refractivity contribution in [1.29, 1.82) is 0 Å². The SMILES string of the molecule is OC(c1ccc(Br)cc1)c1ccc2[nH]ccc2c1. The van der Waals surface area contributed by atoms with Crippen molar-refractivity contribution >= 4 is 26.8 Å². The molecule has 0 fully saturated rings. The number of halogens is 1. The van der Waals surface area contributed by atoms with E-state index in [-0.39, 0.29) is 0 Å². The van der Waals surface area contributed by atoms with E-state index >= 15 is 0 Å². The van der Waals surface area contributed by atoms with Crippen LogP contribution in [0.15, 0.2) is 59.2 Å². The summed E-state index contributed by atoms with van der Waals surface area (Å²) in [6.07, 6.45) is 1.32. The molecule has 0 saturated heterocycles. The number of aliphatic hydroxyl groups is 1. The lowest BCUT2D eigenvalue weighted by Crippen LogP contribution is -1.98. The number of aliphatic hydroxyl groups excluding tert-OH is 1. The van der Waals surface area contributed by atoms with Gasteiger partial charge in [-0.25, -0.2) is 0 Å². The van der Waals surface area contributed by atoms with Gasteiger partial charge in [0.2, 0.25) is 0 Å². The number of nitrogens with one attached hydrogen (secondary N) is 1. The summed E-state index contributed by atoms with van der Waals surface area (Å²) in [7, 11) is 0. The minimum absolute atomic E-state index is 0.586. The van der Waals surface area contributed by atoms with Crippen molar-refractivity contribution in [3.63, 3.8) is 0 Å². The number of aromatic amines is 1. The molecule has 1 unspecified atom stereocenters. The van der Waals surface area contributed by atoms with E-state index in [9.17, 15) is 5.11 Å². The number of benzene rings is 2. The predicted octanol–water partition coefficient (Wildman–Crippen LogP) is 4.01. The second kappa shape index (κ2) is 4.59. The van der Waals surface area contributed by atoms with Gasteiger partial charge in [-0.1, -0.05) is 34.1 Å². The predicted molar refractivity (Wildman–Crippen MR) is 76.5 cm³/mol. The molecule has 0 aliphatic rings. The Kier molecular flexibility index (Phi) is 2.94. The van der Waals surface area contributed by atoms with E-state index in [1.165, 1.54) is 0 Å². The van der Waals surface area contributed by atoms with Crippen molar-refractivity contribution in [3.05, 3.63) is 70.3 Å². The maximum absolute atomic E-state index is 10.4. The molecule has 3 rings (SSSR count). The first-order valence-electron chi connectivity index (χ1n) is 5.74. The minimum atomic E-state index is -0.586. The number of H-pyrrole nitrogens is 1. The first-order valence-corrected chi connectivity index (χ1v) is 6.54. The number of fused-ring (bicyclic) bond motifs is 1. The molecule has 3 heteroatoms. The number of rotatable bonds is 2. The summed E-state index contributed by atoms with van der Waals surface area (Å²) in [4.78, 5) is 3.15. The molecular formula is C15H12BrNO. The van der Waals surface area contributed by atoms with Gasteiger partial charge < -0.3 is 10.1 Å². The quantitative estimate of drug-likeness (QED) is 0.737. The van der Waals surface area contributed by atoms with Gasteiger partial charge in [0.1, 0.15) is 6.10 Å². The second-order valence-corrected chi connectivity index (χ2v) is 5.19. The Morgan fingerprint density at radius 1 is 0.944 bits per heavy atom. The van der Waals surface area contributed by atoms with E-state index in [2.05, 4.69) is 20.9 Å². The van der Waals surface area contributed by atoms with Crippen LogP contribution in [-0.2, 0) is 0 Å². The maximum Gasteiger partial charge on any atom is 0.104 e. The van der Waals surface area contributed by atoms with Gasteiger partial charge in [0.05, 0.1) is 0 Å².